The Balaban J connectivity index is 1.90. The Kier molecular flexibility index (Phi) is 3.04. The van der Waals surface area contributed by atoms with E-state index in [1.807, 2.05) is 20.9 Å². The summed E-state index contributed by atoms with van der Waals surface area (Å²) in [6.07, 6.45) is 2.43. The maximum absolute atomic E-state index is 12.7. The number of hydrogen-bond donors (Lipinski definition) is 0. The van der Waals surface area contributed by atoms with Crippen molar-refractivity contribution < 1.29 is 13.2 Å². The molecular formula is C14H20N2O3S. The van der Waals surface area contributed by atoms with Gasteiger partial charge in [0.15, 0.2) is 15.6 Å². The molecule has 1 aromatic rings. The highest BCUT2D eigenvalue weighted by molar-refractivity contribution is 7.93. The molecular weight excluding hydrogens is 276 g/mol. The van der Waals surface area contributed by atoms with Crippen LogP contribution >= 0.6 is 0 Å². The van der Waals surface area contributed by atoms with Crippen LogP contribution in [0.3, 0.4) is 0 Å². The van der Waals surface area contributed by atoms with Crippen LogP contribution in [0.5, 0.6) is 0 Å². The zero-order valence-corrected chi connectivity index (χ0v) is 12.9. The smallest absolute Gasteiger partial charge is 0.169 e. The third-order valence-corrected chi connectivity index (χ3v) is 7.68. The molecule has 2 aliphatic rings. The van der Waals surface area contributed by atoms with Crippen LogP contribution in [-0.4, -0.2) is 34.5 Å². The predicted molar refractivity (Wildman–Crippen MR) is 75.5 cm³/mol. The van der Waals surface area contributed by atoms with Gasteiger partial charge in [-0.25, -0.2) is 8.42 Å². The number of fused-ring (bicyclic) bond motifs is 2. The van der Waals surface area contributed by atoms with Gasteiger partial charge in [-0.3, -0.25) is 9.48 Å². The third kappa shape index (κ3) is 1.84. The lowest BCUT2D eigenvalue weighted by molar-refractivity contribution is 0.0904. The topological polar surface area (TPSA) is 69.0 Å². The molecule has 1 aromatic heterocycles. The maximum atomic E-state index is 12.7. The van der Waals surface area contributed by atoms with Crippen molar-refractivity contribution in [3.8, 4) is 0 Å². The minimum Gasteiger partial charge on any atom is -0.294 e. The number of aryl methyl sites for hydroxylation is 2. The van der Waals surface area contributed by atoms with E-state index in [1.54, 1.807) is 4.68 Å². The molecule has 6 heteroatoms. The van der Waals surface area contributed by atoms with Crippen LogP contribution < -0.4 is 0 Å². The monoisotopic (exact) mass is 296 g/mol. The van der Waals surface area contributed by atoms with E-state index in [2.05, 4.69) is 5.10 Å². The number of ketones is 1. The molecule has 110 valence electrons. The zero-order valence-electron chi connectivity index (χ0n) is 12.1. The normalized spacial score (nSPS) is 31.4. The predicted octanol–water partition coefficient (Wildman–Crippen LogP) is 1.58. The zero-order chi connectivity index (χ0) is 14.7. The van der Waals surface area contributed by atoms with E-state index in [4.69, 9.17) is 0 Å². The summed E-state index contributed by atoms with van der Waals surface area (Å²) in [4.78, 5) is 12.7. The molecule has 2 bridgehead atoms. The molecule has 0 radical (unpaired) electrons. The van der Waals surface area contributed by atoms with Crippen molar-refractivity contribution in [3.63, 3.8) is 0 Å². The van der Waals surface area contributed by atoms with Crippen molar-refractivity contribution in [2.24, 2.45) is 13.0 Å². The lowest BCUT2D eigenvalue weighted by Gasteiger charge is -2.27. The fraction of sp³-hybridized carbons (Fsp3) is 0.714. The van der Waals surface area contributed by atoms with Gasteiger partial charge >= 0.3 is 0 Å². The van der Waals surface area contributed by atoms with Crippen molar-refractivity contribution in [2.75, 3.05) is 0 Å². The van der Waals surface area contributed by atoms with E-state index in [0.29, 0.717) is 18.4 Å². The summed E-state index contributed by atoms with van der Waals surface area (Å²) in [6, 6.07) is 0. The number of carbonyl (C=O) groups excluding carboxylic acids is 1. The Bertz CT molecular complexity index is 655. The van der Waals surface area contributed by atoms with Crippen molar-refractivity contribution in [1.82, 2.24) is 9.78 Å². The van der Waals surface area contributed by atoms with Gasteiger partial charge in [-0.05, 0) is 39.5 Å². The van der Waals surface area contributed by atoms with E-state index in [0.717, 1.165) is 24.2 Å². The van der Waals surface area contributed by atoms with Gasteiger partial charge < -0.3 is 0 Å². The van der Waals surface area contributed by atoms with Gasteiger partial charge in [0.25, 0.3) is 0 Å². The molecule has 0 saturated carbocycles. The Morgan fingerprint density at radius 3 is 2.20 bits per heavy atom. The third-order valence-electron chi connectivity index (χ3n) is 4.96. The first-order chi connectivity index (χ1) is 9.32. The molecule has 0 spiro atoms. The average molecular weight is 296 g/mol. The van der Waals surface area contributed by atoms with Crippen LogP contribution in [0.1, 0.15) is 47.4 Å². The van der Waals surface area contributed by atoms with E-state index in [1.165, 1.54) is 0 Å². The highest BCUT2D eigenvalue weighted by Gasteiger charge is 2.48. The maximum Gasteiger partial charge on any atom is 0.169 e. The van der Waals surface area contributed by atoms with E-state index >= 15 is 0 Å². The molecule has 2 unspecified atom stereocenters. The number of sulfone groups is 1. The number of hydrogen-bond acceptors (Lipinski definition) is 4. The van der Waals surface area contributed by atoms with Crippen LogP contribution in [0, 0.1) is 19.8 Å². The second-order valence-corrected chi connectivity index (χ2v) is 8.62. The van der Waals surface area contributed by atoms with Gasteiger partial charge in [-0.15, -0.1) is 0 Å². The standard InChI is InChI=1S/C14H20N2O3S/c1-8-13(9(2)16(3)15-8)14(17)10-6-11-4-5-12(7-10)20(11,18)19/h10-12H,4-7H2,1-3H3. The lowest BCUT2D eigenvalue weighted by atomic mass is 9.89. The number of aromatic nitrogens is 2. The van der Waals surface area contributed by atoms with E-state index < -0.39 is 9.84 Å². The summed E-state index contributed by atoms with van der Waals surface area (Å²) in [5.74, 6) is -0.0717. The fourth-order valence-corrected chi connectivity index (χ4v) is 6.23. The highest BCUT2D eigenvalue weighted by Crippen LogP contribution is 2.42. The molecule has 2 saturated heterocycles. The number of carbonyl (C=O) groups is 1. The van der Waals surface area contributed by atoms with E-state index in [-0.39, 0.29) is 22.2 Å². The molecule has 3 rings (SSSR count). The first-order valence-electron chi connectivity index (χ1n) is 7.09. The molecule has 2 fully saturated rings. The molecule has 20 heavy (non-hydrogen) atoms. The van der Waals surface area contributed by atoms with Gasteiger partial charge in [-0.1, -0.05) is 0 Å². The Morgan fingerprint density at radius 2 is 1.75 bits per heavy atom. The van der Waals surface area contributed by atoms with Crippen molar-refractivity contribution in [2.45, 2.75) is 50.0 Å². The largest absolute Gasteiger partial charge is 0.294 e. The van der Waals surface area contributed by atoms with Gasteiger partial charge in [-0.2, -0.15) is 5.10 Å². The van der Waals surface area contributed by atoms with Gasteiger partial charge in [0.1, 0.15) is 0 Å². The van der Waals surface area contributed by atoms with Crippen LogP contribution in [0.2, 0.25) is 0 Å². The van der Waals surface area contributed by atoms with Gasteiger partial charge in [0.05, 0.1) is 21.8 Å². The summed E-state index contributed by atoms with van der Waals surface area (Å²) in [6.45, 7) is 3.73. The fourth-order valence-electron chi connectivity index (χ4n) is 3.76. The second kappa shape index (κ2) is 4.41. The van der Waals surface area contributed by atoms with Gasteiger partial charge in [0, 0.05) is 18.7 Å². The molecule has 0 aromatic carbocycles. The van der Waals surface area contributed by atoms with Crippen molar-refractivity contribution in [3.05, 3.63) is 17.0 Å². The first-order valence-corrected chi connectivity index (χ1v) is 8.70. The van der Waals surface area contributed by atoms with E-state index in [9.17, 15) is 13.2 Å². The molecule has 0 N–H and O–H groups in total. The Hall–Kier alpha value is -1.17. The molecule has 5 nitrogen and oxygen atoms in total. The van der Waals surface area contributed by atoms with Crippen LogP contribution in [0.25, 0.3) is 0 Å². The SMILES string of the molecule is Cc1nn(C)c(C)c1C(=O)C1CC2CCC(C1)S2(=O)=O. The molecule has 0 amide bonds. The summed E-state index contributed by atoms with van der Waals surface area (Å²) in [7, 11) is -1.14. The summed E-state index contributed by atoms with van der Waals surface area (Å²) >= 11 is 0. The molecule has 2 aliphatic heterocycles. The van der Waals surface area contributed by atoms with Gasteiger partial charge in [0.2, 0.25) is 0 Å². The van der Waals surface area contributed by atoms with Crippen LogP contribution in [0.4, 0.5) is 0 Å². The van der Waals surface area contributed by atoms with Crippen molar-refractivity contribution in [1.29, 1.82) is 0 Å². The van der Waals surface area contributed by atoms with Crippen LogP contribution in [0.15, 0.2) is 0 Å². The minimum absolute atomic E-state index is 0.0832. The Labute approximate surface area is 119 Å². The highest BCUT2D eigenvalue weighted by atomic mass is 32.2. The van der Waals surface area contributed by atoms with Crippen molar-refractivity contribution >= 4 is 15.6 Å². The summed E-state index contributed by atoms with van der Waals surface area (Å²) < 4.78 is 25.9. The Morgan fingerprint density at radius 1 is 1.20 bits per heavy atom. The molecule has 0 aliphatic carbocycles. The van der Waals surface area contributed by atoms with Crippen LogP contribution in [-0.2, 0) is 16.9 Å². The molecule has 3 heterocycles. The quantitative estimate of drug-likeness (QED) is 0.777. The number of nitrogens with zero attached hydrogens (tertiary/aromatic N) is 2. The molecule has 2 atom stereocenters. The lowest BCUT2D eigenvalue weighted by Crippen LogP contribution is -2.36. The first kappa shape index (κ1) is 13.8. The number of rotatable bonds is 2. The minimum atomic E-state index is -2.97. The summed E-state index contributed by atoms with van der Waals surface area (Å²) in [5, 5.41) is 3.69. The average Bonchev–Trinajstić information content (AvgIpc) is 2.71. The summed E-state index contributed by atoms with van der Waals surface area (Å²) in [5.41, 5.74) is 2.31. The second-order valence-electron chi connectivity index (χ2n) is 6.11. The number of Topliss-reactive ketones (excluding diaryl/α,β-unsaturated/α-hetero) is 1.